The van der Waals surface area contributed by atoms with E-state index in [2.05, 4.69) is 20.2 Å². The molecule has 2 heterocycles. The third-order valence-corrected chi connectivity index (χ3v) is 3.17. The van der Waals surface area contributed by atoms with Crippen molar-refractivity contribution in [3.63, 3.8) is 0 Å². The Kier molecular flexibility index (Phi) is 4.01. The van der Waals surface area contributed by atoms with Crippen molar-refractivity contribution in [2.24, 2.45) is 0 Å². The van der Waals surface area contributed by atoms with Gasteiger partial charge in [0.25, 0.3) is 0 Å². The van der Waals surface area contributed by atoms with Gasteiger partial charge in [-0.15, -0.1) is 0 Å². The highest BCUT2D eigenvalue weighted by molar-refractivity contribution is 5.52. The molecule has 0 radical (unpaired) electrons. The zero-order chi connectivity index (χ0) is 12.1. The smallest absolute Gasteiger partial charge is 0.223 e. The number of aromatic nitrogens is 2. The Balaban J connectivity index is 2.15. The number of nitrogens with two attached hydrogens (primary N) is 1. The Morgan fingerprint density at radius 3 is 2.41 bits per heavy atom. The van der Waals surface area contributed by atoms with Gasteiger partial charge in [0.05, 0.1) is 0 Å². The number of nitrogens with one attached hydrogen (secondary N) is 1. The zero-order valence-electron chi connectivity index (χ0n) is 10.4. The summed E-state index contributed by atoms with van der Waals surface area (Å²) in [7, 11) is 1.85. The van der Waals surface area contributed by atoms with Crippen molar-refractivity contribution in [3.8, 4) is 0 Å². The summed E-state index contributed by atoms with van der Waals surface area (Å²) in [4.78, 5) is 10.8. The van der Waals surface area contributed by atoms with Crippen LogP contribution in [0.2, 0.25) is 0 Å². The predicted octanol–water partition coefficient (Wildman–Crippen LogP) is 1.87. The lowest BCUT2D eigenvalue weighted by atomic mass is 10.1. The maximum atomic E-state index is 5.72. The van der Waals surface area contributed by atoms with E-state index in [0.717, 1.165) is 24.7 Å². The SMILES string of the molecule is CNc1cc(N2CCCCCCC2)nc(N)n1. The van der Waals surface area contributed by atoms with Crippen LogP contribution >= 0.6 is 0 Å². The average molecular weight is 235 g/mol. The Labute approximate surface area is 102 Å². The van der Waals surface area contributed by atoms with E-state index in [4.69, 9.17) is 5.73 Å². The van der Waals surface area contributed by atoms with Gasteiger partial charge < -0.3 is 16.0 Å². The molecular formula is C12H21N5. The van der Waals surface area contributed by atoms with E-state index >= 15 is 0 Å². The minimum absolute atomic E-state index is 0.342. The third-order valence-electron chi connectivity index (χ3n) is 3.17. The van der Waals surface area contributed by atoms with Gasteiger partial charge in [0.2, 0.25) is 5.95 Å². The lowest BCUT2D eigenvalue weighted by molar-refractivity contribution is 0.554. The van der Waals surface area contributed by atoms with Gasteiger partial charge >= 0.3 is 0 Å². The standard InChI is InChI=1S/C12H21N5/c1-14-10-9-11(16-12(13)15-10)17-7-5-3-2-4-6-8-17/h9H,2-8H2,1H3,(H3,13,14,15,16). The van der Waals surface area contributed by atoms with Gasteiger partial charge in [0, 0.05) is 26.2 Å². The van der Waals surface area contributed by atoms with Crippen LogP contribution in [0.25, 0.3) is 0 Å². The van der Waals surface area contributed by atoms with Gasteiger partial charge in [-0.3, -0.25) is 0 Å². The van der Waals surface area contributed by atoms with Crippen molar-refractivity contribution in [3.05, 3.63) is 6.07 Å². The van der Waals surface area contributed by atoms with Gasteiger partial charge in [0.1, 0.15) is 11.6 Å². The monoisotopic (exact) mass is 235 g/mol. The van der Waals surface area contributed by atoms with Crippen LogP contribution in [0.5, 0.6) is 0 Å². The molecule has 0 saturated carbocycles. The lowest BCUT2D eigenvalue weighted by Gasteiger charge is -2.26. The molecule has 5 nitrogen and oxygen atoms in total. The third kappa shape index (κ3) is 3.22. The van der Waals surface area contributed by atoms with E-state index in [9.17, 15) is 0 Å². The molecule has 5 heteroatoms. The van der Waals surface area contributed by atoms with E-state index in [1.807, 2.05) is 13.1 Å². The highest BCUT2D eigenvalue weighted by Gasteiger charge is 2.12. The number of nitrogen functional groups attached to an aromatic ring is 1. The van der Waals surface area contributed by atoms with Gasteiger partial charge in [0.15, 0.2) is 0 Å². The first kappa shape index (κ1) is 12.0. The van der Waals surface area contributed by atoms with Gasteiger partial charge in [-0.25, -0.2) is 0 Å². The lowest BCUT2D eigenvalue weighted by Crippen LogP contribution is -2.28. The molecule has 1 fully saturated rings. The van der Waals surface area contributed by atoms with E-state index < -0.39 is 0 Å². The van der Waals surface area contributed by atoms with Crippen LogP contribution in [0.3, 0.4) is 0 Å². The predicted molar refractivity (Wildman–Crippen MR) is 71.3 cm³/mol. The quantitative estimate of drug-likeness (QED) is 0.819. The number of rotatable bonds is 2. The van der Waals surface area contributed by atoms with E-state index in [0.29, 0.717) is 5.95 Å². The molecule has 0 aromatic carbocycles. The Morgan fingerprint density at radius 1 is 1.12 bits per heavy atom. The summed E-state index contributed by atoms with van der Waals surface area (Å²) in [6.07, 6.45) is 6.46. The van der Waals surface area contributed by atoms with Crippen LogP contribution in [-0.2, 0) is 0 Å². The van der Waals surface area contributed by atoms with Crippen LogP contribution in [0.4, 0.5) is 17.6 Å². The maximum Gasteiger partial charge on any atom is 0.223 e. The van der Waals surface area contributed by atoms with Crippen LogP contribution < -0.4 is 16.0 Å². The van der Waals surface area contributed by atoms with Crippen molar-refractivity contribution in [1.29, 1.82) is 0 Å². The molecule has 0 spiro atoms. The molecule has 1 aliphatic heterocycles. The first-order valence-corrected chi connectivity index (χ1v) is 6.37. The summed E-state index contributed by atoms with van der Waals surface area (Å²) >= 11 is 0. The molecule has 0 aliphatic carbocycles. The number of anilines is 3. The maximum absolute atomic E-state index is 5.72. The highest BCUT2D eigenvalue weighted by atomic mass is 15.2. The van der Waals surface area contributed by atoms with Crippen molar-refractivity contribution in [2.75, 3.05) is 36.1 Å². The largest absolute Gasteiger partial charge is 0.373 e. The van der Waals surface area contributed by atoms with Gasteiger partial charge in [-0.1, -0.05) is 19.3 Å². The molecule has 0 atom stereocenters. The first-order chi connectivity index (χ1) is 8.29. The minimum Gasteiger partial charge on any atom is -0.373 e. The molecule has 0 bridgehead atoms. The number of hydrogen-bond acceptors (Lipinski definition) is 5. The van der Waals surface area contributed by atoms with Crippen molar-refractivity contribution in [1.82, 2.24) is 9.97 Å². The van der Waals surface area contributed by atoms with E-state index in [-0.39, 0.29) is 0 Å². The Morgan fingerprint density at radius 2 is 1.76 bits per heavy atom. The molecule has 17 heavy (non-hydrogen) atoms. The topological polar surface area (TPSA) is 67.1 Å². The molecule has 94 valence electrons. The number of hydrogen-bond donors (Lipinski definition) is 2. The second kappa shape index (κ2) is 5.70. The molecule has 2 rings (SSSR count). The fourth-order valence-electron chi connectivity index (χ4n) is 2.22. The molecule has 1 aromatic heterocycles. The second-order valence-corrected chi connectivity index (χ2v) is 4.47. The van der Waals surface area contributed by atoms with E-state index in [1.54, 1.807) is 0 Å². The Bertz CT molecular complexity index is 358. The normalized spacial score (nSPS) is 17.4. The fourth-order valence-corrected chi connectivity index (χ4v) is 2.22. The van der Waals surface area contributed by atoms with Gasteiger partial charge in [-0.2, -0.15) is 9.97 Å². The number of nitrogens with zero attached hydrogens (tertiary/aromatic N) is 3. The summed E-state index contributed by atoms with van der Waals surface area (Å²) in [6, 6.07) is 1.97. The highest BCUT2D eigenvalue weighted by Crippen LogP contribution is 2.20. The summed E-state index contributed by atoms with van der Waals surface area (Å²) in [6.45, 7) is 2.14. The van der Waals surface area contributed by atoms with Crippen molar-refractivity contribution in [2.45, 2.75) is 32.1 Å². The zero-order valence-corrected chi connectivity index (χ0v) is 10.4. The molecule has 0 unspecified atom stereocenters. The van der Waals surface area contributed by atoms with Crippen LogP contribution in [0.15, 0.2) is 6.07 Å². The van der Waals surface area contributed by atoms with Crippen molar-refractivity contribution < 1.29 is 0 Å². The molecule has 0 amide bonds. The van der Waals surface area contributed by atoms with Crippen LogP contribution in [-0.4, -0.2) is 30.1 Å². The van der Waals surface area contributed by atoms with Gasteiger partial charge in [-0.05, 0) is 12.8 Å². The molecule has 3 N–H and O–H groups in total. The molecule has 1 aliphatic rings. The molecule has 1 saturated heterocycles. The van der Waals surface area contributed by atoms with Crippen molar-refractivity contribution >= 4 is 17.6 Å². The molecular weight excluding hydrogens is 214 g/mol. The first-order valence-electron chi connectivity index (χ1n) is 6.37. The summed E-state index contributed by atoms with van der Waals surface area (Å²) in [5.74, 6) is 2.08. The van der Waals surface area contributed by atoms with Crippen LogP contribution in [0.1, 0.15) is 32.1 Å². The van der Waals surface area contributed by atoms with Crippen LogP contribution in [0, 0.1) is 0 Å². The summed E-state index contributed by atoms with van der Waals surface area (Å²) < 4.78 is 0. The summed E-state index contributed by atoms with van der Waals surface area (Å²) in [5, 5.41) is 3.02. The molecule has 1 aromatic rings. The fraction of sp³-hybridized carbons (Fsp3) is 0.667. The summed E-state index contributed by atoms with van der Waals surface area (Å²) in [5.41, 5.74) is 5.72. The minimum atomic E-state index is 0.342. The average Bonchev–Trinajstić information content (AvgIpc) is 2.27. The second-order valence-electron chi connectivity index (χ2n) is 4.47. The Hall–Kier alpha value is -1.52. The van der Waals surface area contributed by atoms with E-state index in [1.165, 1.54) is 32.1 Å².